The van der Waals surface area contributed by atoms with E-state index in [9.17, 15) is 0 Å². The topological polar surface area (TPSA) is 22.2 Å². The van der Waals surface area contributed by atoms with Crippen LogP contribution in [-0.4, -0.2) is 7.11 Å². The molecule has 384 valence electrons. The molecule has 0 spiro atoms. The summed E-state index contributed by atoms with van der Waals surface area (Å²) >= 11 is 0. The molecule has 12 aromatic rings. The molecule has 12 aromatic carbocycles. The molecule has 0 bridgehead atoms. The maximum absolute atomic E-state index is 6.29. The number of fused-ring (bicyclic) bond motifs is 2. The van der Waals surface area contributed by atoms with Gasteiger partial charge in [0.15, 0.2) is 0 Å². The van der Waals surface area contributed by atoms with Crippen LogP contribution in [0.2, 0.25) is 0 Å². The van der Waals surface area contributed by atoms with Crippen LogP contribution in [0.25, 0.3) is 32.7 Å². The molecule has 0 radical (unpaired) electrons. The van der Waals surface area contributed by atoms with Crippen molar-refractivity contribution in [3.63, 3.8) is 0 Å². The van der Waals surface area contributed by atoms with Crippen molar-refractivity contribution in [2.75, 3.05) is 26.7 Å². The molecule has 0 fully saturated rings. The van der Waals surface area contributed by atoms with Gasteiger partial charge in [0.1, 0.15) is 5.75 Å². The fraction of sp³-hybridized carbons (Fsp3) is 0.0811. The van der Waals surface area contributed by atoms with E-state index in [2.05, 4.69) is 321 Å². The van der Waals surface area contributed by atoms with E-state index in [-0.39, 0.29) is 0 Å². The van der Waals surface area contributed by atoms with Crippen LogP contribution in [0.3, 0.4) is 0 Å². The van der Waals surface area contributed by atoms with Gasteiger partial charge in [-0.25, -0.2) is 0 Å². The molecule has 0 amide bonds. The first-order valence-corrected chi connectivity index (χ1v) is 27.1. The summed E-state index contributed by atoms with van der Waals surface area (Å²) in [5, 5.41) is 4.54. The Labute approximate surface area is 465 Å². The lowest BCUT2D eigenvalue weighted by atomic mass is 9.89. The van der Waals surface area contributed by atoms with Crippen LogP contribution in [0.1, 0.15) is 27.8 Å². The molecule has 0 aliphatic heterocycles. The number of rotatable bonds is 14. The molecular formula is C74H62N4O. The Balaban J connectivity index is 0.936. The molecule has 5 nitrogen and oxygen atoms in total. The quantitative estimate of drug-likeness (QED) is 0.108. The van der Waals surface area contributed by atoms with Crippen LogP contribution in [0.4, 0.5) is 68.2 Å². The van der Waals surface area contributed by atoms with Crippen molar-refractivity contribution >= 4 is 89.8 Å². The molecule has 0 aromatic heterocycles. The number of hydrogen-bond acceptors (Lipinski definition) is 5. The first kappa shape index (κ1) is 50.0. The second-order valence-electron chi connectivity index (χ2n) is 20.6. The van der Waals surface area contributed by atoms with Gasteiger partial charge in [-0.3, -0.25) is 0 Å². The van der Waals surface area contributed by atoms with Crippen LogP contribution in [0.15, 0.2) is 267 Å². The fourth-order valence-corrected chi connectivity index (χ4v) is 11.3. The molecule has 79 heavy (non-hydrogen) atoms. The third-order valence-electron chi connectivity index (χ3n) is 15.0. The van der Waals surface area contributed by atoms with E-state index in [1.807, 2.05) is 0 Å². The zero-order chi connectivity index (χ0) is 54.0. The number of hydrogen-bond donors (Lipinski definition) is 0. The Hall–Kier alpha value is -9.84. The average molecular weight is 1020 g/mol. The molecule has 0 atom stereocenters. The zero-order valence-corrected chi connectivity index (χ0v) is 45.6. The Kier molecular flexibility index (Phi) is 13.7. The third-order valence-corrected chi connectivity index (χ3v) is 15.0. The van der Waals surface area contributed by atoms with Crippen LogP contribution in [-0.2, 0) is 0 Å². The van der Waals surface area contributed by atoms with Crippen LogP contribution in [0.5, 0.6) is 5.75 Å². The summed E-state index contributed by atoms with van der Waals surface area (Å²) in [6.45, 7) is 10.8. The number of methoxy groups -OCH3 is 1. The summed E-state index contributed by atoms with van der Waals surface area (Å²) in [5.74, 6) is 0.833. The first-order valence-electron chi connectivity index (χ1n) is 27.1. The van der Waals surface area contributed by atoms with E-state index in [0.29, 0.717) is 0 Å². The van der Waals surface area contributed by atoms with Gasteiger partial charge < -0.3 is 24.3 Å². The Morgan fingerprint density at radius 2 is 0.532 bits per heavy atom. The molecule has 0 saturated carbocycles. The van der Waals surface area contributed by atoms with E-state index in [4.69, 9.17) is 4.74 Å². The standard InChI is InChI=1S/C74H62N4O/c1-51-17-13-25-64(45-51)75(58-21-9-7-10-22-58)60-32-36-62(37-33-60)77(66-27-15-19-53(3)47-66)68-40-42-70-56(49-68)30-29-55(5)73(70)74-71-43-41-69(50-57(71)31-44-72(74)79-6)78(67-28-16-20-54(4)48-67)63-38-34-61(35-39-63)76(59-23-11-8-12-24-59)65-26-14-18-52(2)46-65/h7-50H,1-6H3. The predicted molar refractivity (Wildman–Crippen MR) is 336 cm³/mol. The van der Waals surface area contributed by atoms with Crippen molar-refractivity contribution in [3.8, 4) is 16.9 Å². The number of benzene rings is 12. The highest BCUT2D eigenvalue weighted by Crippen LogP contribution is 2.47. The highest BCUT2D eigenvalue weighted by Gasteiger charge is 2.22. The molecule has 0 N–H and O–H groups in total. The molecule has 0 unspecified atom stereocenters. The molecule has 0 aliphatic carbocycles. The monoisotopic (exact) mass is 1020 g/mol. The van der Waals surface area contributed by atoms with E-state index >= 15 is 0 Å². The van der Waals surface area contributed by atoms with E-state index in [1.54, 1.807) is 7.11 Å². The minimum absolute atomic E-state index is 0.833. The Morgan fingerprint density at radius 3 is 0.886 bits per heavy atom. The van der Waals surface area contributed by atoms with Gasteiger partial charge in [0.2, 0.25) is 0 Å². The van der Waals surface area contributed by atoms with Crippen molar-refractivity contribution in [3.05, 3.63) is 295 Å². The summed E-state index contributed by atoms with van der Waals surface area (Å²) in [5.41, 5.74) is 21.3. The SMILES string of the molecule is COc1ccc2cc(N(c3ccc(N(c4ccccc4)c4cccc(C)c4)cc3)c3cccc(C)c3)ccc2c1-c1c(C)ccc2cc(N(c3ccc(N(c4ccccc4)c4cccc(C)c4)cc3)c3cccc(C)c3)ccc12. The normalized spacial score (nSPS) is 11.2. The van der Waals surface area contributed by atoms with Gasteiger partial charge >= 0.3 is 0 Å². The lowest BCUT2D eigenvalue weighted by molar-refractivity contribution is 0.417. The minimum Gasteiger partial charge on any atom is -0.496 e. The molecular weight excluding hydrogens is 961 g/mol. The number of ether oxygens (including phenoxy) is 1. The summed E-state index contributed by atoms with van der Waals surface area (Å²) in [6, 6.07) is 96.6. The van der Waals surface area contributed by atoms with Crippen LogP contribution >= 0.6 is 0 Å². The third kappa shape index (κ3) is 10.1. The molecule has 0 aliphatic rings. The van der Waals surface area contributed by atoms with E-state index < -0.39 is 0 Å². The highest BCUT2D eigenvalue weighted by atomic mass is 16.5. The summed E-state index contributed by atoms with van der Waals surface area (Å²) in [6.07, 6.45) is 0. The number of para-hydroxylation sites is 2. The molecule has 0 heterocycles. The summed E-state index contributed by atoms with van der Waals surface area (Å²) in [4.78, 5) is 9.37. The van der Waals surface area contributed by atoms with E-state index in [0.717, 1.165) is 107 Å². The van der Waals surface area contributed by atoms with Crippen molar-refractivity contribution < 1.29 is 4.74 Å². The summed E-state index contributed by atoms with van der Waals surface area (Å²) in [7, 11) is 1.78. The van der Waals surface area contributed by atoms with Crippen molar-refractivity contribution in [1.82, 2.24) is 0 Å². The van der Waals surface area contributed by atoms with Gasteiger partial charge in [-0.05, 0) is 241 Å². The Morgan fingerprint density at radius 1 is 0.241 bits per heavy atom. The maximum Gasteiger partial charge on any atom is 0.127 e. The number of anilines is 12. The molecule has 0 saturated heterocycles. The minimum atomic E-state index is 0.833. The highest BCUT2D eigenvalue weighted by molar-refractivity contribution is 6.10. The molecule has 5 heteroatoms. The fourth-order valence-electron chi connectivity index (χ4n) is 11.3. The number of aryl methyl sites for hydroxylation is 5. The maximum atomic E-state index is 6.29. The Bertz CT molecular complexity index is 4140. The van der Waals surface area contributed by atoms with Gasteiger partial charge in [-0.15, -0.1) is 0 Å². The van der Waals surface area contributed by atoms with Gasteiger partial charge in [-0.1, -0.05) is 115 Å². The second kappa shape index (κ2) is 21.7. The lowest BCUT2D eigenvalue weighted by Gasteiger charge is -2.29. The van der Waals surface area contributed by atoms with Gasteiger partial charge in [0.25, 0.3) is 0 Å². The zero-order valence-electron chi connectivity index (χ0n) is 45.6. The van der Waals surface area contributed by atoms with Gasteiger partial charge in [0, 0.05) is 73.8 Å². The number of nitrogens with zero attached hydrogens (tertiary/aromatic N) is 4. The smallest absolute Gasteiger partial charge is 0.127 e. The van der Waals surface area contributed by atoms with Crippen LogP contribution < -0.4 is 24.3 Å². The largest absolute Gasteiger partial charge is 0.496 e. The van der Waals surface area contributed by atoms with Crippen molar-refractivity contribution in [2.24, 2.45) is 0 Å². The van der Waals surface area contributed by atoms with Crippen molar-refractivity contribution in [1.29, 1.82) is 0 Å². The van der Waals surface area contributed by atoms with Gasteiger partial charge in [0.05, 0.1) is 7.11 Å². The van der Waals surface area contributed by atoms with Crippen molar-refractivity contribution in [2.45, 2.75) is 34.6 Å². The van der Waals surface area contributed by atoms with Crippen LogP contribution in [0, 0.1) is 34.6 Å². The first-order chi connectivity index (χ1) is 38.7. The lowest BCUT2D eigenvalue weighted by Crippen LogP contribution is -2.12. The average Bonchev–Trinajstić information content (AvgIpc) is 3.47. The van der Waals surface area contributed by atoms with E-state index in [1.165, 1.54) is 27.8 Å². The molecule has 12 rings (SSSR count). The predicted octanol–water partition coefficient (Wildman–Crippen LogP) is 21.1. The second-order valence-corrected chi connectivity index (χ2v) is 20.6. The summed E-state index contributed by atoms with van der Waals surface area (Å²) < 4.78 is 6.29. The van der Waals surface area contributed by atoms with Gasteiger partial charge in [-0.2, -0.15) is 0 Å².